The Bertz CT molecular complexity index is 752. The van der Waals surface area contributed by atoms with Crippen molar-refractivity contribution in [1.82, 2.24) is 4.98 Å². The van der Waals surface area contributed by atoms with Crippen LogP contribution in [0.25, 0.3) is 10.2 Å². The fourth-order valence-electron chi connectivity index (χ4n) is 2.29. The summed E-state index contributed by atoms with van der Waals surface area (Å²) < 4.78 is 6.31. The van der Waals surface area contributed by atoms with Gasteiger partial charge < -0.3 is 15.4 Å². The average molecular weight is 299 g/mol. The molecule has 5 heteroatoms. The van der Waals surface area contributed by atoms with Gasteiger partial charge in [-0.1, -0.05) is 17.4 Å². The lowest BCUT2D eigenvalue weighted by Gasteiger charge is -2.19. The summed E-state index contributed by atoms with van der Waals surface area (Å²) in [6.45, 7) is 0.833. The van der Waals surface area contributed by atoms with Crippen LogP contribution in [0.1, 0.15) is 5.56 Å². The molecule has 0 saturated heterocycles. The van der Waals surface area contributed by atoms with Crippen molar-refractivity contribution in [2.75, 3.05) is 24.8 Å². The molecule has 4 nitrogen and oxygen atoms in total. The van der Waals surface area contributed by atoms with Gasteiger partial charge in [0.15, 0.2) is 5.13 Å². The first-order chi connectivity index (χ1) is 10.2. The molecule has 0 spiro atoms. The number of benzene rings is 2. The van der Waals surface area contributed by atoms with Gasteiger partial charge in [-0.05, 0) is 42.0 Å². The van der Waals surface area contributed by atoms with Gasteiger partial charge >= 0.3 is 0 Å². The van der Waals surface area contributed by atoms with Crippen molar-refractivity contribution in [1.29, 1.82) is 0 Å². The van der Waals surface area contributed by atoms with E-state index in [1.54, 1.807) is 7.11 Å². The van der Waals surface area contributed by atoms with Gasteiger partial charge in [0, 0.05) is 19.3 Å². The first kappa shape index (κ1) is 13.7. The largest absolute Gasteiger partial charge is 0.497 e. The molecule has 2 aromatic carbocycles. The molecule has 0 amide bonds. The van der Waals surface area contributed by atoms with E-state index < -0.39 is 0 Å². The summed E-state index contributed by atoms with van der Waals surface area (Å²) in [7, 11) is 3.75. The molecular weight excluding hydrogens is 282 g/mol. The van der Waals surface area contributed by atoms with Crippen LogP contribution in [0.4, 0.5) is 10.8 Å². The molecule has 0 aliphatic heterocycles. The molecule has 1 aromatic heterocycles. The van der Waals surface area contributed by atoms with Crippen molar-refractivity contribution >= 4 is 32.4 Å². The Labute approximate surface area is 127 Å². The number of hydrogen-bond acceptors (Lipinski definition) is 5. The highest BCUT2D eigenvalue weighted by atomic mass is 32.1. The minimum atomic E-state index is 0.616. The third kappa shape index (κ3) is 2.92. The molecule has 0 atom stereocenters. The van der Waals surface area contributed by atoms with E-state index in [1.807, 2.05) is 18.2 Å². The normalized spacial score (nSPS) is 10.8. The Morgan fingerprint density at radius 3 is 2.67 bits per heavy atom. The second-order valence-corrected chi connectivity index (χ2v) is 5.97. The summed E-state index contributed by atoms with van der Waals surface area (Å²) in [6.07, 6.45) is 0. The van der Waals surface area contributed by atoms with E-state index in [-0.39, 0.29) is 0 Å². The van der Waals surface area contributed by atoms with Crippen molar-refractivity contribution in [2.45, 2.75) is 6.54 Å². The Morgan fingerprint density at radius 1 is 1.19 bits per heavy atom. The SMILES string of the molecule is COc1ccc(N(C)Cc2ccc3nc(N)sc3c2)cc1. The lowest BCUT2D eigenvalue weighted by atomic mass is 10.2. The highest BCUT2D eigenvalue weighted by Crippen LogP contribution is 2.26. The average Bonchev–Trinajstić information content (AvgIpc) is 2.86. The molecular formula is C16H17N3OS. The first-order valence-corrected chi connectivity index (χ1v) is 7.47. The topological polar surface area (TPSA) is 51.4 Å². The van der Waals surface area contributed by atoms with Crippen LogP contribution in [-0.4, -0.2) is 19.1 Å². The van der Waals surface area contributed by atoms with Crippen LogP contribution in [0, 0.1) is 0 Å². The molecule has 0 aliphatic carbocycles. The maximum Gasteiger partial charge on any atom is 0.181 e. The monoisotopic (exact) mass is 299 g/mol. The molecule has 2 N–H and O–H groups in total. The maximum absolute atomic E-state index is 5.75. The van der Waals surface area contributed by atoms with Crippen LogP contribution in [0.5, 0.6) is 5.75 Å². The van der Waals surface area contributed by atoms with Gasteiger partial charge in [0.2, 0.25) is 0 Å². The minimum Gasteiger partial charge on any atom is -0.497 e. The number of hydrogen-bond donors (Lipinski definition) is 1. The molecule has 0 aliphatic rings. The predicted molar refractivity (Wildman–Crippen MR) is 89.1 cm³/mol. The number of anilines is 2. The van der Waals surface area contributed by atoms with Gasteiger partial charge in [0.1, 0.15) is 5.75 Å². The van der Waals surface area contributed by atoms with Crippen LogP contribution >= 0.6 is 11.3 Å². The van der Waals surface area contributed by atoms with Gasteiger partial charge in [-0.3, -0.25) is 0 Å². The Kier molecular flexibility index (Phi) is 3.66. The van der Waals surface area contributed by atoms with Crippen molar-refractivity contribution in [3.05, 3.63) is 48.0 Å². The van der Waals surface area contributed by atoms with Crippen molar-refractivity contribution in [2.24, 2.45) is 0 Å². The summed E-state index contributed by atoms with van der Waals surface area (Å²) in [4.78, 5) is 6.48. The smallest absolute Gasteiger partial charge is 0.181 e. The second kappa shape index (κ2) is 5.61. The highest BCUT2D eigenvalue weighted by molar-refractivity contribution is 7.22. The number of rotatable bonds is 4. The summed E-state index contributed by atoms with van der Waals surface area (Å²) in [5, 5.41) is 0.616. The second-order valence-electron chi connectivity index (χ2n) is 4.91. The van der Waals surface area contributed by atoms with Crippen LogP contribution in [-0.2, 0) is 6.54 Å². The number of methoxy groups -OCH3 is 1. The molecule has 0 bridgehead atoms. The number of ether oxygens (including phenoxy) is 1. The van der Waals surface area contributed by atoms with Crippen molar-refractivity contribution in [3.63, 3.8) is 0 Å². The van der Waals surface area contributed by atoms with Gasteiger partial charge in [0.05, 0.1) is 17.3 Å². The van der Waals surface area contributed by atoms with Crippen LogP contribution in [0.3, 0.4) is 0 Å². The Balaban J connectivity index is 1.79. The van der Waals surface area contributed by atoms with Gasteiger partial charge in [0.25, 0.3) is 0 Å². The lowest BCUT2D eigenvalue weighted by molar-refractivity contribution is 0.415. The molecule has 0 fully saturated rings. The third-order valence-electron chi connectivity index (χ3n) is 3.40. The van der Waals surface area contributed by atoms with Crippen molar-refractivity contribution in [3.8, 4) is 5.75 Å². The maximum atomic E-state index is 5.75. The van der Waals surface area contributed by atoms with Crippen LogP contribution in [0.2, 0.25) is 0 Å². The number of nitrogens with zero attached hydrogens (tertiary/aromatic N) is 2. The number of nitrogens with two attached hydrogens (primary N) is 1. The Hall–Kier alpha value is -2.27. The minimum absolute atomic E-state index is 0.616. The molecule has 21 heavy (non-hydrogen) atoms. The summed E-state index contributed by atoms with van der Waals surface area (Å²) >= 11 is 1.53. The van der Waals surface area contributed by atoms with E-state index in [9.17, 15) is 0 Å². The first-order valence-electron chi connectivity index (χ1n) is 6.66. The van der Waals surface area contributed by atoms with Crippen LogP contribution < -0.4 is 15.4 Å². The molecule has 0 radical (unpaired) electrons. The van der Waals surface area contributed by atoms with Crippen LogP contribution in [0.15, 0.2) is 42.5 Å². The third-order valence-corrected chi connectivity index (χ3v) is 4.25. The van der Waals surface area contributed by atoms with Crippen molar-refractivity contribution < 1.29 is 4.74 Å². The van der Waals surface area contributed by atoms with E-state index in [0.29, 0.717) is 5.13 Å². The lowest BCUT2D eigenvalue weighted by Crippen LogP contribution is -2.16. The number of nitrogen functional groups attached to an aromatic ring is 1. The number of thiazole rings is 1. The zero-order chi connectivity index (χ0) is 14.8. The van der Waals surface area contributed by atoms with E-state index in [2.05, 4.69) is 41.2 Å². The molecule has 0 unspecified atom stereocenters. The standard InChI is InChI=1S/C16H17N3OS/c1-19(12-4-6-13(20-2)7-5-12)10-11-3-8-14-15(9-11)21-16(17)18-14/h3-9H,10H2,1-2H3,(H2,17,18). The van der Waals surface area contributed by atoms with E-state index >= 15 is 0 Å². The zero-order valence-corrected chi connectivity index (χ0v) is 12.9. The number of aromatic nitrogens is 1. The Morgan fingerprint density at radius 2 is 1.95 bits per heavy atom. The molecule has 3 rings (SSSR count). The predicted octanol–water partition coefficient (Wildman–Crippen LogP) is 3.52. The van der Waals surface area contributed by atoms with E-state index in [1.165, 1.54) is 16.9 Å². The van der Waals surface area contributed by atoms with Gasteiger partial charge in [-0.2, -0.15) is 0 Å². The van der Waals surface area contributed by atoms with E-state index in [4.69, 9.17) is 10.5 Å². The fraction of sp³-hybridized carbons (Fsp3) is 0.188. The highest BCUT2D eigenvalue weighted by Gasteiger charge is 2.06. The fourth-order valence-corrected chi connectivity index (χ4v) is 3.08. The zero-order valence-electron chi connectivity index (χ0n) is 12.0. The molecule has 108 valence electrons. The molecule has 0 saturated carbocycles. The summed E-state index contributed by atoms with van der Waals surface area (Å²) in [5.41, 5.74) is 9.10. The summed E-state index contributed by atoms with van der Waals surface area (Å²) in [5.74, 6) is 0.869. The summed E-state index contributed by atoms with van der Waals surface area (Å²) in [6, 6.07) is 14.3. The van der Waals surface area contributed by atoms with Gasteiger partial charge in [-0.15, -0.1) is 0 Å². The van der Waals surface area contributed by atoms with Gasteiger partial charge in [-0.25, -0.2) is 4.98 Å². The molecule has 1 heterocycles. The molecule has 3 aromatic rings. The number of fused-ring (bicyclic) bond motifs is 1. The van der Waals surface area contributed by atoms with E-state index in [0.717, 1.165) is 28.2 Å². The quantitative estimate of drug-likeness (QED) is 0.801.